The standard InChI is InChI=1S/C13H19ClN2OS/c1-16(2)13-4-3-10(14)9-12(13)15-11-5-7-18(17)8-6-11/h3-4,9,11,15H,5-8H2,1-2H3. The molecule has 0 unspecified atom stereocenters. The molecule has 100 valence electrons. The van der Waals surface area contributed by atoms with Crippen molar-refractivity contribution >= 4 is 33.8 Å². The fourth-order valence-electron chi connectivity index (χ4n) is 2.17. The molecule has 0 spiro atoms. The monoisotopic (exact) mass is 286 g/mol. The topological polar surface area (TPSA) is 32.3 Å². The molecule has 0 aliphatic carbocycles. The Morgan fingerprint density at radius 1 is 1.33 bits per heavy atom. The molecule has 1 aliphatic rings. The second-order valence-electron chi connectivity index (χ2n) is 4.82. The van der Waals surface area contributed by atoms with Crippen LogP contribution in [0.4, 0.5) is 11.4 Å². The van der Waals surface area contributed by atoms with Crippen LogP contribution in [0.15, 0.2) is 18.2 Å². The van der Waals surface area contributed by atoms with E-state index in [0.29, 0.717) is 6.04 Å². The van der Waals surface area contributed by atoms with Gasteiger partial charge in [-0.15, -0.1) is 0 Å². The summed E-state index contributed by atoms with van der Waals surface area (Å²) in [6, 6.07) is 6.28. The largest absolute Gasteiger partial charge is 0.381 e. The van der Waals surface area contributed by atoms with Gasteiger partial charge in [-0.05, 0) is 31.0 Å². The number of benzene rings is 1. The summed E-state index contributed by atoms with van der Waals surface area (Å²) >= 11 is 6.06. The Labute approximate surface area is 116 Å². The van der Waals surface area contributed by atoms with Crippen LogP contribution in [0.25, 0.3) is 0 Å². The number of rotatable bonds is 3. The lowest BCUT2D eigenvalue weighted by Gasteiger charge is -2.26. The summed E-state index contributed by atoms with van der Waals surface area (Å²) in [6.07, 6.45) is 1.93. The van der Waals surface area contributed by atoms with Crippen LogP contribution in [0.3, 0.4) is 0 Å². The van der Waals surface area contributed by atoms with Crippen LogP contribution in [0.5, 0.6) is 0 Å². The van der Waals surface area contributed by atoms with Gasteiger partial charge in [0.25, 0.3) is 0 Å². The molecule has 2 rings (SSSR count). The Morgan fingerprint density at radius 2 is 2.00 bits per heavy atom. The molecular weight excluding hydrogens is 268 g/mol. The average Bonchev–Trinajstić information content (AvgIpc) is 2.32. The molecule has 0 atom stereocenters. The third-order valence-corrected chi connectivity index (χ3v) is 4.81. The molecular formula is C13H19ClN2OS. The first-order valence-electron chi connectivity index (χ1n) is 6.14. The molecule has 5 heteroatoms. The molecule has 0 saturated carbocycles. The maximum absolute atomic E-state index is 11.3. The van der Waals surface area contributed by atoms with Crippen LogP contribution >= 0.6 is 11.6 Å². The predicted molar refractivity (Wildman–Crippen MR) is 80.3 cm³/mol. The summed E-state index contributed by atoms with van der Waals surface area (Å²) in [5.41, 5.74) is 2.19. The molecule has 3 nitrogen and oxygen atoms in total. The van der Waals surface area contributed by atoms with Gasteiger partial charge in [-0.3, -0.25) is 4.21 Å². The Balaban J connectivity index is 2.12. The van der Waals surface area contributed by atoms with Gasteiger partial charge in [-0.1, -0.05) is 11.6 Å². The van der Waals surface area contributed by atoms with E-state index >= 15 is 0 Å². The van der Waals surface area contributed by atoms with Gasteiger partial charge in [0, 0.05) is 47.5 Å². The number of hydrogen-bond acceptors (Lipinski definition) is 3. The smallest absolute Gasteiger partial charge is 0.0597 e. The van der Waals surface area contributed by atoms with Crippen molar-refractivity contribution in [1.82, 2.24) is 0 Å². The zero-order valence-electron chi connectivity index (χ0n) is 10.8. The number of nitrogens with one attached hydrogen (secondary N) is 1. The predicted octanol–water partition coefficient (Wildman–Crippen LogP) is 2.73. The number of hydrogen-bond donors (Lipinski definition) is 1. The minimum atomic E-state index is -0.614. The first-order chi connectivity index (χ1) is 8.56. The first-order valence-corrected chi connectivity index (χ1v) is 8.01. The van der Waals surface area contributed by atoms with Crippen LogP contribution in [0, 0.1) is 0 Å². The summed E-state index contributed by atoms with van der Waals surface area (Å²) in [5, 5.41) is 4.27. The average molecular weight is 287 g/mol. The van der Waals surface area contributed by atoms with Gasteiger partial charge >= 0.3 is 0 Å². The molecule has 1 heterocycles. The van der Waals surface area contributed by atoms with E-state index in [1.54, 1.807) is 0 Å². The summed E-state index contributed by atoms with van der Waals surface area (Å²) in [7, 11) is 3.42. The second-order valence-corrected chi connectivity index (χ2v) is 6.96. The minimum Gasteiger partial charge on any atom is -0.381 e. The van der Waals surface area contributed by atoms with Crippen molar-refractivity contribution in [2.24, 2.45) is 0 Å². The van der Waals surface area contributed by atoms with Crippen molar-refractivity contribution in [3.8, 4) is 0 Å². The number of anilines is 2. The van der Waals surface area contributed by atoms with Gasteiger partial charge in [-0.25, -0.2) is 0 Å². The normalized spacial score (nSPS) is 23.7. The fraction of sp³-hybridized carbons (Fsp3) is 0.538. The van der Waals surface area contributed by atoms with E-state index in [1.807, 2.05) is 32.3 Å². The molecule has 1 aromatic carbocycles. The Bertz CT molecular complexity index is 441. The molecule has 1 aliphatic heterocycles. The quantitative estimate of drug-likeness (QED) is 0.927. The highest BCUT2D eigenvalue weighted by molar-refractivity contribution is 7.85. The molecule has 1 aromatic rings. The molecule has 1 N–H and O–H groups in total. The Morgan fingerprint density at radius 3 is 2.61 bits per heavy atom. The van der Waals surface area contributed by atoms with Crippen LogP contribution in [-0.4, -0.2) is 35.9 Å². The first kappa shape index (κ1) is 13.7. The highest BCUT2D eigenvalue weighted by Crippen LogP contribution is 2.29. The summed E-state index contributed by atoms with van der Waals surface area (Å²) in [4.78, 5) is 2.07. The fourth-order valence-corrected chi connectivity index (χ4v) is 3.64. The molecule has 1 fully saturated rings. The lowest BCUT2D eigenvalue weighted by molar-refractivity contribution is 0.624. The molecule has 1 saturated heterocycles. The van der Waals surface area contributed by atoms with Crippen molar-refractivity contribution < 1.29 is 4.21 Å². The SMILES string of the molecule is CN(C)c1ccc(Cl)cc1NC1CCS(=O)CC1. The molecule has 0 amide bonds. The van der Waals surface area contributed by atoms with Gasteiger partial charge in [0.2, 0.25) is 0 Å². The zero-order chi connectivity index (χ0) is 13.1. The lowest BCUT2D eigenvalue weighted by atomic mass is 10.1. The van der Waals surface area contributed by atoms with Gasteiger partial charge in [0.05, 0.1) is 11.4 Å². The van der Waals surface area contributed by atoms with Crippen LogP contribution in [0.1, 0.15) is 12.8 Å². The Kier molecular flexibility index (Phi) is 4.51. The maximum atomic E-state index is 11.3. The van der Waals surface area contributed by atoms with E-state index in [0.717, 1.165) is 40.7 Å². The van der Waals surface area contributed by atoms with Crippen LogP contribution in [0.2, 0.25) is 5.02 Å². The van der Waals surface area contributed by atoms with E-state index in [4.69, 9.17) is 11.6 Å². The van der Waals surface area contributed by atoms with E-state index in [2.05, 4.69) is 10.2 Å². The van der Waals surface area contributed by atoms with Gasteiger partial charge in [0.1, 0.15) is 0 Å². The van der Waals surface area contributed by atoms with Crippen LogP contribution in [-0.2, 0) is 10.8 Å². The van der Waals surface area contributed by atoms with E-state index in [9.17, 15) is 4.21 Å². The summed E-state index contributed by atoms with van der Waals surface area (Å²) < 4.78 is 11.3. The van der Waals surface area contributed by atoms with Crippen LogP contribution < -0.4 is 10.2 Å². The summed E-state index contributed by atoms with van der Waals surface area (Å²) in [6.45, 7) is 0. The molecule has 0 radical (unpaired) electrons. The minimum absolute atomic E-state index is 0.403. The third kappa shape index (κ3) is 3.39. The Hall–Kier alpha value is -0.740. The molecule has 0 bridgehead atoms. The van der Waals surface area contributed by atoms with Gasteiger partial charge < -0.3 is 10.2 Å². The van der Waals surface area contributed by atoms with Crippen molar-refractivity contribution in [3.63, 3.8) is 0 Å². The van der Waals surface area contributed by atoms with Gasteiger partial charge in [-0.2, -0.15) is 0 Å². The molecule has 18 heavy (non-hydrogen) atoms. The van der Waals surface area contributed by atoms with Crippen molar-refractivity contribution in [2.75, 3.05) is 35.8 Å². The number of nitrogens with zero attached hydrogens (tertiary/aromatic N) is 1. The molecule has 0 aromatic heterocycles. The van der Waals surface area contributed by atoms with E-state index in [-0.39, 0.29) is 0 Å². The van der Waals surface area contributed by atoms with Crippen molar-refractivity contribution in [3.05, 3.63) is 23.2 Å². The number of halogens is 1. The second kappa shape index (κ2) is 5.93. The van der Waals surface area contributed by atoms with Gasteiger partial charge in [0.15, 0.2) is 0 Å². The zero-order valence-corrected chi connectivity index (χ0v) is 12.4. The lowest BCUT2D eigenvalue weighted by Crippen LogP contribution is -2.30. The maximum Gasteiger partial charge on any atom is 0.0597 e. The van der Waals surface area contributed by atoms with Crippen molar-refractivity contribution in [1.29, 1.82) is 0 Å². The van der Waals surface area contributed by atoms with E-state index < -0.39 is 10.8 Å². The van der Waals surface area contributed by atoms with Crippen molar-refractivity contribution in [2.45, 2.75) is 18.9 Å². The third-order valence-electron chi connectivity index (χ3n) is 3.19. The highest BCUT2D eigenvalue weighted by Gasteiger charge is 2.18. The summed E-state index contributed by atoms with van der Waals surface area (Å²) in [5.74, 6) is 1.60. The van der Waals surface area contributed by atoms with E-state index in [1.165, 1.54) is 0 Å². The highest BCUT2D eigenvalue weighted by atomic mass is 35.5.